The van der Waals surface area contributed by atoms with E-state index in [0.29, 0.717) is 23.4 Å². The molecule has 1 heterocycles. The molecule has 0 aliphatic carbocycles. The predicted molar refractivity (Wildman–Crippen MR) is 107 cm³/mol. The van der Waals surface area contributed by atoms with Crippen molar-refractivity contribution in [2.24, 2.45) is 0 Å². The van der Waals surface area contributed by atoms with Gasteiger partial charge in [-0.05, 0) is 66.9 Å². The van der Waals surface area contributed by atoms with Crippen molar-refractivity contribution in [3.8, 4) is 0 Å². The van der Waals surface area contributed by atoms with Crippen LogP contribution < -0.4 is 10.2 Å². The second-order valence-electron chi connectivity index (χ2n) is 6.73. The van der Waals surface area contributed by atoms with Gasteiger partial charge in [-0.2, -0.15) is 0 Å². The van der Waals surface area contributed by atoms with E-state index in [0.717, 1.165) is 24.1 Å². The molecule has 2 amide bonds. The van der Waals surface area contributed by atoms with E-state index in [9.17, 15) is 14.0 Å². The third kappa shape index (κ3) is 3.64. The van der Waals surface area contributed by atoms with E-state index in [1.54, 1.807) is 35.2 Å². The maximum absolute atomic E-state index is 13.3. The largest absolute Gasteiger partial charge is 0.322 e. The number of rotatable bonds is 3. The minimum Gasteiger partial charge on any atom is -0.322 e. The Balaban J connectivity index is 1.58. The van der Waals surface area contributed by atoms with Crippen LogP contribution in [0.1, 0.15) is 32.7 Å². The normalized spacial score (nSPS) is 13.0. The first-order valence-corrected chi connectivity index (χ1v) is 9.18. The van der Waals surface area contributed by atoms with Crippen molar-refractivity contribution < 1.29 is 14.0 Å². The van der Waals surface area contributed by atoms with E-state index in [2.05, 4.69) is 5.32 Å². The van der Waals surface area contributed by atoms with Gasteiger partial charge in [0, 0.05) is 29.0 Å². The van der Waals surface area contributed by atoms with Crippen LogP contribution in [0.3, 0.4) is 0 Å². The Morgan fingerprint density at radius 3 is 2.50 bits per heavy atom. The van der Waals surface area contributed by atoms with Gasteiger partial charge in [-0.1, -0.05) is 24.3 Å². The first-order valence-electron chi connectivity index (χ1n) is 9.18. The molecular weight excluding hydrogens is 355 g/mol. The van der Waals surface area contributed by atoms with Gasteiger partial charge >= 0.3 is 0 Å². The molecule has 28 heavy (non-hydrogen) atoms. The molecule has 0 atom stereocenters. The van der Waals surface area contributed by atoms with E-state index in [-0.39, 0.29) is 11.8 Å². The zero-order chi connectivity index (χ0) is 19.5. The summed E-state index contributed by atoms with van der Waals surface area (Å²) in [6, 6.07) is 20.3. The highest BCUT2D eigenvalue weighted by atomic mass is 19.1. The monoisotopic (exact) mass is 374 g/mol. The molecule has 0 saturated carbocycles. The Kier molecular flexibility index (Phi) is 4.89. The summed E-state index contributed by atoms with van der Waals surface area (Å²) in [4.78, 5) is 27.2. The lowest BCUT2D eigenvalue weighted by atomic mass is 9.98. The topological polar surface area (TPSA) is 49.4 Å². The number of nitrogens with one attached hydrogen (secondary N) is 1. The second kappa shape index (κ2) is 7.64. The number of amides is 2. The SMILES string of the molecule is O=C(Nc1cccc(F)c1)c1ccc2c(c1)CCCN2C(=O)c1ccccc1. The summed E-state index contributed by atoms with van der Waals surface area (Å²) < 4.78 is 13.3. The summed E-state index contributed by atoms with van der Waals surface area (Å²) in [7, 11) is 0. The molecule has 3 aromatic rings. The van der Waals surface area contributed by atoms with E-state index < -0.39 is 5.82 Å². The third-order valence-electron chi connectivity index (χ3n) is 4.81. The summed E-state index contributed by atoms with van der Waals surface area (Å²) in [6.45, 7) is 0.648. The van der Waals surface area contributed by atoms with Crippen molar-refractivity contribution in [1.82, 2.24) is 0 Å². The highest BCUT2D eigenvalue weighted by molar-refractivity contribution is 6.08. The smallest absolute Gasteiger partial charge is 0.258 e. The molecule has 140 valence electrons. The van der Waals surface area contributed by atoms with Crippen LogP contribution in [-0.2, 0) is 6.42 Å². The van der Waals surface area contributed by atoms with Crippen LogP contribution >= 0.6 is 0 Å². The van der Waals surface area contributed by atoms with Gasteiger partial charge in [-0.25, -0.2) is 4.39 Å². The van der Waals surface area contributed by atoms with E-state index in [4.69, 9.17) is 0 Å². The highest BCUT2D eigenvalue weighted by Gasteiger charge is 2.24. The highest BCUT2D eigenvalue weighted by Crippen LogP contribution is 2.29. The van der Waals surface area contributed by atoms with Crippen LogP contribution in [0.4, 0.5) is 15.8 Å². The fraction of sp³-hybridized carbons (Fsp3) is 0.130. The number of fused-ring (bicyclic) bond motifs is 1. The van der Waals surface area contributed by atoms with Crippen LogP contribution in [0.25, 0.3) is 0 Å². The van der Waals surface area contributed by atoms with Crippen molar-refractivity contribution in [1.29, 1.82) is 0 Å². The first-order chi connectivity index (χ1) is 13.6. The molecule has 0 saturated heterocycles. The summed E-state index contributed by atoms with van der Waals surface area (Å²) in [5, 5.41) is 2.71. The van der Waals surface area contributed by atoms with Crippen molar-refractivity contribution in [2.75, 3.05) is 16.8 Å². The number of benzene rings is 3. The Hall–Kier alpha value is -3.47. The number of hydrogen-bond acceptors (Lipinski definition) is 2. The molecule has 5 heteroatoms. The molecule has 0 bridgehead atoms. The second-order valence-corrected chi connectivity index (χ2v) is 6.73. The van der Waals surface area contributed by atoms with Crippen molar-refractivity contribution >= 4 is 23.2 Å². The molecule has 0 radical (unpaired) electrons. The molecule has 4 nitrogen and oxygen atoms in total. The predicted octanol–water partition coefficient (Wildman–Crippen LogP) is 4.67. The van der Waals surface area contributed by atoms with Gasteiger partial charge in [0.05, 0.1) is 0 Å². The molecular formula is C23H19FN2O2. The van der Waals surface area contributed by atoms with Gasteiger partial charge < -0.3 is 10.2 Å². The van der Waals surface area contributed by atoms with Gasteiger partial charge in [0.1, 0.15) is 5.82 Å². The van der Waals surface area contributed by atoms with Crippen LogP contribution in [0, 0.1) is 5.82 Å². The number of aryl methyl sites for hydroxylation is 1. The van der Waals surface area contributed by atoms with E-state index in [1.807, 2.05) is 30.3 Å². The number of carbonyl (C=O) groups excluding carboxylic acids is 2. The average Bonchev–Trinajstić information content (AvgIpc) is 2.73. The van der Waals surface area contributed by atoms with Crippen molar-refractivity contribution in [3.05, 3.63) is 95.3 Å². The van der Waals surface area contributed by atoms with Gasteiger partial charge in [0.25, 0.3) is 11.8 Å². The van der Waals surface area contributed by atoms with E-state index in [1.165, 1.54) is 12.1 Å². The Bertz CT molecular complexity index is 1030. The fourth-order valence-electron chi connectivity index (χ4n) is 3.46. The van der Waals surface area contributed by atoms with Gasteiger partial charge in [0.15, 0.2) is 0 Å². The minimum absolute atomic E-state index is 0.0430. The molecule has 0 spiro atoms. The molecule has 3 aromatic carbocycles. The molecule has 4 rings (SSSR count). The summed E-state index contributed by atoms with van der Waals surface area (Å²) in [5.74, 6) is -0.753. The van der Waals surface area contributed by atoms with Gasteiger partial charge in [-0.15, -0.1) is 0 Å². The molecule has 0 fully saturated rings. The Morgan fingerprint density at radius 2 is 1.71 bits per heavy atom. The Morgan fingerprint density at radius 1 is 0.893 bits per heavy atom. The van der Waals surface area contributed by atoms with Gasteiger partial charge in [-0.3, -0.25) is 9.59 Å². The van der Waals surface area contributed by atoms with Gasteiger partial charge in [0.2, 0.25) is 0 Å². The maximum Gasteiger partial charge on any atom is 0.258 e. The van der Waals surface area contributed by atoms with Crippen LogP contribution in [0.15, 0.2) is 72.8 Å². The fourth-order valence-corrected chi connectivity index (χ4v) is 3.46. The summed E-state index contributed by atoms with van der Waals surface area (Å²) >= 11 is 0. The average molecular weight is 374 g/mol. The first kappa shape index (κ1) is 17.9. The molecule has 1 N–H and O–H groups in total. The Labute approximate surface area is 162 Å². The number of nitrogens with zero attached hydrogens (tertiary/aromatic N) is 1. The zero-order valence-corrected chi connectivity index (χ0v) is 15.2. The zero-order valence-electron chi connectivity index (χ0n) is 15.2. The lowest BCUT2D eigenvalue weighted by Crippen LogP contribution is -2.35. The molecule has 1 aliphatic rings. The van der Waals surface area contributed by atoms with Crippen molar-refractivity contribution in [2.45, 2.75) is 12.8 Å². The maximum atomic E-state index is 13.3. The standard InChI is InChI=1S/C23H19FN2O2/c24-19-9-4-10-20(15-19)25-22(27)18-11-12-21-17(14-18)8-5-13-26(21)23(28)16-6-2-1-3-7-16/h1-4,6-7,9-12,14-15H,5,8,13H2,(H,25,27). The van der Waals surface area contributed by atoms with Crippen molar-refractivity contribution in [3.63, 3.8) is 0 Å². The number of anilines is 2. The van der Waals surface area contributed by atoms with Crippen LogP contribution in [-0.4, -0.2) is 18.4 Å². The molecule has 0 unspecified atom stereocenters. The third-order valence-corrected chi connectivity index (χ3v) is 4.81. The van der Waals surface area contributed by atoms with Crippen LogP contribution in [0.2, 0.25) is 0 Å². The number of carbonyl (C=O) groups is 2. The molecule has 1 aliphatic heterocycles. The lowest BCUT2D eigenvalue weighted by Gasteiger charge is -2.30. The summed E-state index contributed by atoms with van der Waals surface area (Å²) in [6.07, 6.45) is 1.63. The minimum atomic E-state index is -0.404. The molecule has 0 aromatic heterocycles. The van der Waals surface area contributed by atoms with Crippen LogP contribution in [0.5, 0.6) is 0 Å². The quantitative estimate of drug-likeness (QED) is 0.724. The number of hydrogen-bond donors (Lipinski definition) is 1. The summed E-state index contributed by atoms with van der Waals surface area (Å²) in [5.41, 5.74) is 3.33. The number of halogens is 1. The lowest BCUT2D eigenvalue weighted by molar-refractivity contribution is 0.0984. The van der Waals surface area contributed by atoms with E-state index >= 15 is 0 Å².